The standard InChI is InChI=1S/C19H22N2O4/c1-11-8-12(2)17-15(9-11)16(5-7-25-17)21-18(22)13(3)20-19(23)14-4-6-24-10-14/h4,6,8-10,13,16H,5,7H2,1-3H3,(H,20,23)(H,21,22)/t13-,16-/m1/s1. The predicted octanol–water partition coefficient (Wildman–Crippen LogP) is 2.65. The average molecular weight is 342 g/mol. The maximum atomic E-state index is 12.5. The van der Waals surface area contributed by atoms with Crippen molar-refractivity contribution < 1.29 is 18.7 Å². The lowest BCUT2D eigenvalue weighted by molar-refractivity contribution is -0.123. The molecule has 0 unspecified atom stereocenters. The van der Waals surface area contributed by atoms with Crippen molar-refractivity contribution >= 4 is 11.8 Å². The van der Waals surface area contributed by atoms with E-state index in [0.29, 0.717) is 18.6 Å². The van der Waals surface area contributed by atoms with E-state index in [0.717, 1.165) is 22.4 Å². The molecule has 1 aliphatic heterocycles. The SMILES string of the molecule is Cc1cc(C)c2c(c1)[C@H](NC(=O)[C@@H](C)NC(=O)c1ccoc1)CCO2. The Balaban J connectivity index is 1.69. The van der Waals surface area contributed by atoms with E-state index in [4.69, 9.17) is 9.15 Å². The van der Waals surface area contributed by atoms with Crippen LogP contribution in [0.2, 0.25) is 0 Å². The van der Waals surface area contributed by atoms with E-state index >= 15 is 0 Å². The van der Waals surface area contributed by atoms with Crippen LogP contribution in [0, 0.1) is 13.8 Å². The van der Waals surface area contributed by atoms with Gasteiger partial charge in [-0.2, -0.15) is 0 Å². The van der Waals surface area contributed by atoms with Crippen molar-refractivity contribution in [1.82, 2.24) is 10.6 Å². The number of furan rings is 1. The second-order valence-electron chi connectivity index (χ2n) is 6.41. The van der Waals surface area contributed by atoms with Gasteiger partial charge in [-0.1, -0.05) is 17.7 Å². The van der Waals surface area contributed by atoms with Crippen LogP contribution >= 0.6 is 0 Å². The van der Waals surface area contributed by atoms with Gasteiger partial charge in [0.15, 0.2) is 0 Å². The largest absolute Gasteiger partial charge is 0.493 e. The van der Waals surface area contributed by atoms with Gasteiger partial charge in [0.1, 0.15) is 18.1 Å². The topological polar surface area (TPSA) is 80.6 Å². The van der Waals surface area contributed by atoms with Gasteiger partial charge < -0.3 is 19.8 Å². The Kier molecular flexibility index (Phi) is 4.79. The summed E-state index contributed by atoms with van der Waals surface area (Å²) in [4.78, 5) is 24.5. The van der Waals surface area contributed by atoms with E-state index in [1.54, 1.807) is 13.0 Å². The normalized spacial score (nSPS) is 17.2. The summed E-state index contributed by atoms with van der Waals surface area (Å²) in [5.41, 5.74) is 3.57. The Hall–Kier alpha value is -2.76. The highest BCUT2D eigenvalue weighted by molar-refractivity contribution is 5.97. The highest BCUT2D eigenvalue weighted by Gasteiger charge is 2.27. The van der Waals surface area contributed by atoms with E-state index < -0.39 is 6.04 Å². The quantitative estimate of drug-likeness (QED) is 0.895. The minimum atomic E-state index is -0.653. The Labute approximate surface area is 146 Å². The van der Waals surface area contributed by atoms with Crippen LogP contribution in [-0.2, 0) is 4.79 Å². The summed E-state index contributed by atoms with van der Waals surface area (Å²) < 4.78 is 10.6. The Morgan fingerprint density at radius 1 is 1.28 bits per heavy atom. The molecule has 6 nitrogen and oxygen atoms in total. The fraction of sp³-hybridized carbons (Fsp3) is 0.368. The van der Waals surface area contributed by atoms with E-state index in [1.807, 2.05) is 19.9 Å². The Bertz CT molecular complexity index is 783. The third-order valence-corrected chi connectivity index (χ3v) is 4.32. The number of carbonyl (C=O) groups is 2. The van der Waals surface area contributed by atoms with Crippen LogP contribution in [0.4, 0.5) is 0 Å². The number of rotatable bonds is 4. The highest BCUT2D eigenvalue weighted by Crippen LogP contribution is 2.35. The van der Waals surface area contributed by atoms with E-state index in [1.165, 1.54) is 12.5 Å². The van der Waals surface area contributed by atoms with Gasteiger partial charge in [-0.25, -0.2) is 0 Å². The number of fused-ring (bicyclic) bond motifs is 1. The van der Waals surface area contributed by atoms with Crippen LogP contribution in [0.25, 0.3) is 0 Å². The molecule has 1 aliphatic rings. The summed E-state index contributed by atoms with van der Waals surface area (Å²) in [7, 11) is 0. The molecule has 2 heterocycles. The van der Waals surface area contributed by atoms with Crippen molar-refractivity contribution in [3.63, 3.8) is 0 Å². The van der Waals surface area contributed by atoms with Crippen LogP contribution in [0.3, 0.4) is 0 Å². The molecule has 132 valence electrons. The fourth-order valence-electron chi connectivity index (χ4n) is 3.06. The van der Waals surface area contributed by atoms with Crippen molar-refractivity contribution in [2.24, 2.45) is 0 Å². The minimum Gasteiger partial charge on any atom is -0.493 e. The summed E-state index contributed by atoms with van der Waals surface area (Å²) in [6, 6.07) is 4.89. The number of benzene rings is 1. The smallest absolute Gasteiger partial charge is 0.255 e. The number of carbonyl (C=O) groups excluding carboxylic acids is 2. The Morgan fingerprint density at radius 3 is 2.80 bits per heavy atom. The molecule has 6 heteroatoms. The van der Waals surface area contributed by atoms with Crippen LogP contribution in [0.5, 0.6) is 5.75 Å². The van der Waals surface area contributed by atoms with Gasteiger partial charge >= 0.3 is 0 Å². The van der Waals surface area contributed by atoms with E-state index in [9.17, 15) is 9.59 Å². The van der Waals surface area contributed by atoms with Gasteiger partial charge in [-0.3, -0.25) is 9.59 Å². The van der Waals surface area contributed by atoms with Crippen molar-refractivity contribution in [1.29, 1.82) is 0 Å². The first kappa shape index (κ1) is 17.1. The maximum Gasteiger partial charge on any atom is 0.255 e. The molecule has 3 rings (SSSR count). The number of ether oxygens (including phenoxy) is 1. The summed E-state index contributed by atoms with van der Waals surface area (Å²) in [5.74, 6) is 0.279. The number of hydrogen-bond donors (Lipinski definition) is 2. The number of amides is 2. The lowest BCUT2D eigenvalue weighted by atomic mass is 9.95. The molecule has 25 heavy (non-hydrogen) atoms. The third-order valence-electron chi connectivity index (χ3n) is 4.32. The molecule has 1 aromatic heterocycles. The van der Waals surface area contributed by atoms with Crippen molar-refractivity contribution in [3.8, 4) is 5.75 Å². The van der Waals surface area contributed by atoms with Crippen LogP contribution in [-0.4, -0.2) is 24.5 Å². The van der Waals surface area contributed by atoms with Crippen LogP contribution in [0.1, 0.15) is 46.4 Å². The molecule has 0 saturated heterocycles. The second-order valence-corrected chi connectivity index (χ2v) is 6.41. The highest BCUT2D eigenvalue weighted by atomic mass is 16.5. The molecule has 2 amide bonds. The van der Waals surface area contributed by atoms with Crippen LogP contribution < -0.4 is 15.4 Å². The zero-order valence-electron chi connectivity index (χ0n) is 14.6. The molecule has 0 aliphatic carbocycles. The zero-order valence-corrected chi connectivity index (χ0v) is 14.6. The molecule has 0 saturated carbocycles. The van der Waals surface area contributed by atoms with Crippen molar-refractivity contribution in [3.05, 3.63) is 53.0 Å². The maximum absolute atomic E-state index is 12.5. The first-order valence-corrected chi connectivity index (χ1v) is 8.33. The first-order chi connectivity index (χ1) is 12.0. The van der Waals surface area contributed by atoms with Gasteiger partial charge in [-0.05, 0) is 32.4 Å². The number of hydrogen-bond acceptors (Lipinski definition) is 4. The molecule has 2 aromatic rings. The fourth-order valence-corrected chi connectivity index (χ4v) is 3.06. The zero-order chi connectivity index (χ0) is 18.0. The van der Waals surface area contributed by atoms with E-state index in [-0.39, 0.29) is 17.9 Å². The minimum absolute atomic E-state index is 0.122. The van der Waals surface area contributed by atoms with Crippen molar-refractivity contribution in [2.75, 3.05) is 6.61 Å². The monoisotopic (exact) mass is 342 g/mol. The van der Waals surface area contributed by atoms with Gasteiger partial charge in [0.25, 0.3) is 5.91 Å². The summed E-state index contributed by atoms with van der Waals surface area (Å²) in [5, 5.41) is 5.70. The predicted molar refractivity (Wildman–Crippen MR) is 92.5 cm³/mol. The van der Waals surface area contributed by atoms with Crippen molar-refractivity contribution in [2.45, 2.75) is 39.3 Å². The van der Waals surface area contributed by atoms with Gasteiger partial charge in [0.2, 0.25) is 5.91 Å². The molecular formula is C19H22N2O4. The summed E-state index contributed by atoms with van der Waals surface area (Å²) in [6.07, 6.45) is 3.47. The molecule has 0 spiro atoms. The summed E-state index contributed by atoms with van der Waals surface area (Å²) >= 11 is 0. The molecule has 2 N–H and O–H groups in total. The molecule has 0 radical (unpaired) electrons. The second kappa shape index (κ2) is 7.01. The number of aryl methyl sites for hydroxylation is 2. The average Bonchev–Trinajstić information content (AvgIpc) is 3.10. The van der Waals surface area contributed by atoms with Gasteiger partial charge in [0, 0.05) is 12.0 Å². The number of nitrogens with one attached hydrogen (secondary N) is 2. The molecular weight excluding hydrogens is 320 g/mol. The van der Waals surface area contributed by atoms with Gasteiger partial charge in [-0.15, -0.1) is 0 Å². The molecule has 0 fully saturated rings. The van der Waals surface area contributed by atoms with Gasteiger partial charge in [0.05, 0.1) is 24.5 Å². The third kappa shape index (κ3) is 3.68. The lowest BCUT2D eigenvalue weighted by Crippen LogP contribution is -2.46. The van der Waals surface area contributed by atoms with E-state index in [2.05, 4.69) is 16.7 Å². The molecule has 2 atom stereocenters. The molecule has 1 aromatic carbocycles. The Morgan fingerprint density at radius 2 is 2.08 bits per heavy atom. The summed E-state index contributed by atoms with van der Waals surface area (Å²) in [6.45, 7) is 6.24. The lowest BCUT2D eigenvalue weighted by Gasteiger charge is -2.29. The van der Waals surface area contributed by atoms with Crippen LogP contribution in [0.15, 0.2) is 35.1 Å². The first-order valence-electron chi connectivity index (χ1n) is 8.33. The molecule has 0 bridgehead atoms.